The van der Waals surface area contributed by atoms with Crippen molar-refractivity contribution in [2.24, 2.45) is 0 Å². The largest absolute Gasteiger partial charge is 0.485 e. The molecule has 2 aromatic rings. The fourth-order valence-corrected chi connectivity index (χ4v) is 1.89. The van der Waals surface area contributed by atoms with Gasteiger partial charge in [0.25, 0.3) is 0 Å². The van der Waals surface area contributed by atoms with E-state index < -0.39 is 11.6 Å². The molecular formula is C17H17ClO4. The Hall–Kier alpha value is -2.20. The van der Waals surface area contributed by atoms with Crippen molar-refractivity contribution in [2.45, 2.75) is 26.1 Å². The van der Waals surface area contributed by atoms with Gasteiger partial charge in [-0.3, -0.25) is 0 Å². The van der Waals surface area contributed by atoms with E-state index in [0.29, 0.717) is 23.1 Å². The summed E-state index contributed by atoms with van der Waals surface area (Å²) in [5.41, 5.74) is -0.371. The number of aliphatic carboxylic acids is 1. The van der Waals surface area contributed by atoms with Gasteiger partial charge in [0.15, 0.2) is 17.1 Å². The summed E-state index contributed by atoms with van der Waals surface area (Å²) >= 11 is 5.98. The highest BCUT2D eigenvalue weighted by molar-refractivity contribution is 6.30. The van der Waals surface area contributed by atoms with E-state index in [-0.39, 0.29) is 0 Å². The zero-order chi connectivity index (χ0) is 16.2. The van der Waals surface area contributed by atoms with Crippen LogP contribution in [0.25, 0.3) is 0 Å². The lowest BCUT2D eigenvalue weighted by Gasteiger charge is -2.23. The Bertz CT molecular complexity index is 653. The van der Waals surface area contributed by atoms with Crippen LogP contribution in [0.15, 0.2) is 48.5 Å². The van der Waals surface area contributed by atoms with E-state index in [4.69, 9.17) is 26.2 Å². The highest BCUT2D eigenvalue weighted by Gasteiger charge is 2.30. The molecule has 5 heteroatoms. The molecule has 2 aromatic carbocycles. The average molecular weight is 321 g/mol. The maximum Gasteiger partial charge on any atom is 0.347 e. The standard InChI is InChI=1S/C17H17ClO4/c1-17(2,16(19)20)22-14-9-8-13(18)10-15(14)21-11-12-6-4-3-5-7-12/h3-10H,11H2,1-2H3,(H,19,20). The van der Waals surface area contributed by atoms with E-state index in [9.17, 15) is 4.79 Å². The average Bonchev–Trinajstić information content (AvgIpc) is 2.48. The molecule has 0 amide bonds. The first-order chi connectivity index (χ1) is 10.4. The summed E-state index contributed by atoms with van der Waals surface area (Å²) in [6.07, 6.45) is 0. The van der Waals surface area contributed by atoms with Crippen LogP contribution in [0.4, 0.5) is 0 Å². The lowest BCUT2D eigenvalue weighted by atomic mass is 10.1. The lowest BCUT2D eigenvalue weighted by Crippen LogP contribution is -2.38. The predicted molar refractivity (Wildman–Crippen MR) is 84.6 cm³/mol. The van der Waals surface area contributed by atoms with Crippen molar-refractivity contribution >= 4 is 17.6 Å². The SMILES string of the molecule is CC(C)(Oc1ccc(Cl)cc1OCc1ccccc1)C(=O)O. The molecule has 0 fully saturated rings. The van der Waals surface area contributed by atoms with E-state index in [1.807, 2.05) is 30.3 Å². The number of hydrogen-bond acceptors (Lipinski definition) is 3. The summed E-state index contributed by atoms with van der Waals surface area (Å²) in [5, 5.41) is 9.65. The van der Waals surface area contributed by atoms with Crippen LogP contribution in [-0.4, -0.2) is 16.7 Å². The third kappa shape index (κ3) is 4.15. The van der Waals surface area contributed by atoms with E-state index in [2.05, 4.69) is 0 Å². The fourth-order valence-electron chi connectivity index (χ4n) is 1.73. The molecule has 0 spiro atoms. The quantitative estimate of drug-likeness (QED) is 0.868. The van der Waals surface area contributed by atoms with Crippen molar-refractivity contribution in [2.75, 3.05) is 0 Å². The van der Waals surface area contributed by atoms with Gasteiger partial charge >= 0.3 is 5.97 Å². The summed E-state index contributed by atoms with van der Waals surface area (Å²) in [4.78, 5) is 11.2. The number of benzene rings is 2. The summed E-state index contributed by atoms with van der Waals surface area (Å²) < 4.78 is 11.3. The van der Waals surface area contributed by atoms with Gasteiger partial charge in [0.05, 0.1) is 0 Å². The summed E-state index contributed by atoms with van der Waals surface area (Å²) in [5.74, 6) is -0.310. The number of hydrogen-bond donors (Lipinski definition) is 1. The van der Waals surface area contributed by atoms with Crippen molar-refractivity contribution in [1.29, 1.82) is 0 Å². The van der Waals surface area contributed by atoms with Crippen molar-refractivity contribution in [3.05, 3.63) is 59.1 Å². The molecule has 0 bridgehead atoms. The molecule has 4 nitrogen and oxygen atoms in total. The molecule has 0 radical (unpaired) electrons. The smallest absolute Gasteiger partial charge is 0.347 e. The van der Waals surface area contributed by atoms with Crippen molar-refractivity contribution in [3.63, 3.8) is 0 Å². The van der Waals surface area contributed by atoms with Gasteiger partial charge in [-0.25, -0.2) is 4.79 Å². The second kappa shape index (κ2) is 6.71. The summed E-state index contributed by atoms with van der Waals surface area (Å²) in [7, 11) is 0. The topological polar surface area (TPSA) is 55.8 Å². The zero-order valence-corrected chi connectivity index (χ0v) is 13.1. The first-order valence-corrected chi connectivity index (χ1v) is 7.15. The Morgan fingerprint density at radius 2 is 1.82 bits per heavy atom. The summed E-state index contributed by atoms with van der Waals surface area (Å²) in [6, 6.07) is 14.5. The van der Waals surface area contributed by atoms with Crippen LogP contribution in [0.2, 0.25) is 5.02 Å². The maximum absolute atomic E-state index is 11.2. The van der Waals surface area contributed by atoms with Gasteiger partial charge in [-0.2, -0.15) is 0 Å². The highest BCUT2D eigenvalue weighted by atomic mass is 35.5. The number of rotatable bonds is 6. The van der Waals surface area contributed by atoms with Gasteiger partial charge < -0.3 is 14.6 Å². The molecule has 0 heterocycles. The predicted octanol–water partition coefficient (Wildman–Crippen LogP) is 4.16. The van der Waals surface area contributed by atoms with Crippen molar-refractivity contribution < 1.29 is 19.4 Å². The number of ether oxygens (including phenoxy) is 2. The van der Waals surface area contributed by atoms with Gasteiger partial charge in [-0.15, -0.1) is 0 Å². The molecule has 0 atom stereocenters. The molecular weight excluding hydrogens is 304 g/mol. The Balaban J connectivity index is 2.19. The van der Waals surface area contributed by atoms with Crippen molar-refractivity contribution in [1.82, 2.24) is 0 Å². The first-order valence-electron chi connectivity index (χ1n) is 6.77. The fraction of sp³-hybridized carbons (Fsp3) is 0.235. The van der Waals surface area contributed by atoms with E-state index in [0.717, 1.165) is 5.56 Å². The minimum Gasteiger partial charge on any atom is -0.485 e. The molecule has 0 aliphatic rings. The molecule has 116 valence electrons. The lowest BCUT2D eigenvalue weighted by molar-refractivity contribution is -0.152. The van der Waals surface area contributed by atoms with Crippen LogP contribution in [0, 0.1) is 0 Å². The van der Waals surface area contributed by atoms with Gasteiger partial charge in [0, 0.05) is 11.1 Å². The van der Waals surface area contributed by atoms with Crippen LogP contribution < -0.4 is 9.47 Å². The third-order valence-corrected chi connectivity index (χ3v) is 3.26. The Kier molecular flexibility index (Phi) is 4.93. The van der Waals surface area contributed by atoms with E-state index in [1.54, 1.807) is 18.2 Å². The van der Waals surface area contributed by atoms with Crippen LogP contribution in [0.3, 0.4) is 0 Å². The Morgan fingerprint density at radius 3 is 2.45 bits per heavy atom. The molecule has 22 heavy (non-hydrogen) atoms. The highest BCUT2D eigenvalue weighted by Crippen LogP contribution is 2.33. The minimum atomic E-state index is -1.36. The molecule has 0 aromatic heterocycles. The number of carboxylic acid groups (broad SMARTS) is 1. The van der Waals surface area contributed by atoms with Crippen LogP contribution in [0.1, 0.15) is 19.4 Å². The van der Waals surface area contributed by atoms with Gasteiger partial charge in [-0.1, -0.05) is 41.9 Å². The van der Waals surface area contributed by atoms with E-state index >= 15 is 0 Å². The minimum absolute atomic E-state index is 0.338. The second-order valence-electron chi connectivity index (χ2n) is 5.28. The first kappa shape index (κ1) is 16.2. The number of halogens is 1. The van der Waals surface area contributed by atoms with Gasteiger partial charge in [-0.05, 0) is 31.5 Å². The van der Waals surface area contributed by atoms with Crippen molar-refractivity contribution in [3.8, 4) is 11.5 Å². The number of carboxylic acids is 1. The number of carbonyl (C=O) groups is 1. The van der Waals surface area contributed by atoms with Crippen LogP contribution in [-0.2, 0) is 11.4 Å². The van der Waals surface area contributed by atoms with Crippen LogP contribution in [0.5, 0.6) is 11.5 Å². The van der Waals surface area contributed by atoms with E-state index in [1.165, 1.54) is 13.8 Å². The van der Waals surface area contributed by atoms with Crippen LogP contribution >= 0.6 is 11.6 Å². The molecule has 2 rings (SSSR count). The molecule has 1 N–H and O–H groups in total. The maximum atomic E-state index is 11.2. The molecule has 0 saturated carbocycles. The molecule has 0 aliphatic heterocycles. The van der Waals surface area contributed by atoms with Gasteiger partial charge in [0.2, 0.25) is 0 Å². The molecule has 0 aliphatic carbocycles. The second-order valence-corrected chi connectivity index (χ2v) is 5.72. The monoisotopic (exact) mass is 320 g/mol. The summed E-state index contributed by atoms with van der Waals surface area (Å²) in [6.45, 7) is 3.29. The van der Waals surface area contributed by atoms with Gasteiger partial charge in [0.1, 0.15) is 6.61 Å². The molecule has 0 saturated heterocycles. The third-order valence-electron chi connectivity index (χ3n) is 3.02. The zero-order valence-electron chi connectivity index (χ0n) is 12.4. The Morgan fingerprint density at radius 1 is 1.14 bits per heavy atom. The normalized spacial score (nSPS) is 11.0. The molecule has 0 unspecified atom stereocenters. The Labute approximate surface area is 134 Å².